The fourth-order valence-electron chi connectivity index (χ4n) is 2.18. The Kier molecular flexibility index (Phi) is 6.40. The Balaban J connectivity index is 0.000000771. The Labute approximate surface area is 110 Å². The van der Waals surface area contributed by atoms with Crippen LogP contribution in [0.25, 0.3) is 0 Å². The van der Waals surface area contributed by atoms with E-state index in [1.165, 1.54) is 12.8 Å². The molecule has 1 N–H and O–H groups in total. The molecule has 1 saturated carbocycles. The molecule has 2 rings (SSSR count). The normalized spacial score (nSPS) is 22.6. The van der Waals surface area contributed by atoms with Crippen LogP contribution in [0.2, 0.25) is 0 Å². The number of carbonyl (C=O) groups is 1. The summed E-state index contributed by atoms with van der Waals surface area (Å²) in [7, 11) is 0. The van der Waals surface area contributed by atoms with Crippen molar-refractivity contribution in [1.82, 2.24) is 10.3 Å². The minimum atomic E-state index is 0.0296. The number of rotatable bonds is 2. The van der Waals surface area contributed by atoms with Gasteiger partial charge in [-0.05, 0) is 43.7 Å². The maximum atomic E-state index is 11.9. The standard InChI is InChI=1S/C13H18N2O.C2H6/c1-10-2-4-12(5-3-10)15-13(16)11-6-8-14-9-7-11;1-2/h6-10,12H,2-5H2,1H3,(H,15,16);1-2H3. The Hall–Kier alpha value is -1.38. The van der Waals surface area contributed by atoms with E-state index in [0.29, 0.717) is 11.6 Å². The average molecular weight is 248 g/mol. The first-order chi connectivity index (χ1) is 8.75. The number of nitrogens with one attached hydrogen (secondary N) is 1. The van der Waals surface area contributed by atoms with Gasteiger partial charge in [-0.15, -0.1) is 0 Å². The van der Waals surface area contributed by atoms with Gasteiger partial charge in [-0.2, -0.15) is 0 Å². The molecule has 3 heteroatoms. The first-order valence-corrected chi connectivity index (χ1v) is 6.96. The number of amides is 1. The van der Waals surface area contributed by atoms with Crippen molar-refractivity contribution in [3.05, 3.63) is 30.1 Å². The van der Waals surface area contributed by atoms with Gasteiger partial charge in [-0.3, -0.25) is 9.78 Å². The number of carbonyl (C=O) groups excluding carboxylic acids is 1. The first kappa shape index (κ1) is 14.7. The van der Waals surface area contributed by atoms with Crippen molar-refractivity contribution in [2.45, 2.75) is 52.5 Å². The molecule has 1 aliphatic carbocycles. The van der Waals surface area contributed by atoms with Crippen molar-refractivity contribution < 1.29 is 4.79 Å². The van der Waals surface area contributed by atoms with Crippen LogP contribution in [0.1, 0.15) is 56.8 Å². The Morgan fingerprint density at radius 3 is 2.28 bits per heavy atom. The van der Waals surface area contributed by atoms with Gasteiger partial charge in [0, 0.05) is 24.0 Å². The lowest BCUT2D eigenvalue weighted by atomic mass is 9.87. The third-order valence-corrected chi connectivity index (χ3v) is 3.29. The summed E-state index contributed by atoms with van der Waals surface area (Å²) in [5.41, 5.74) is 0.702. The third-order valence-electron chi connectivity index (χ3n) is 3.29. The second-order valence-electron chi connectivity index (χ2n) is 4.67. The van der Waals surface area contributed by atoms with Gasteiger partial charge < -0.3 is 5.32 Å². The molecule has 1 heterocycles. The summed E-state index contributed by atoms with van der Waals surface area (Å²) in [5.74, 6) is 0.844. The van der Waals surface area contributed by atoms with E-state index in [9.17, 15) is 4.79 Å². The molecule has 0 atom stereocenters. The minimum Gasteiger partial charge on any atom is -0.349 e. The van der Waals surface area contributed by atoms with E-state index in [4.69, 9.17) is 0 Å². The highest BCUT2D eigenvalue weighted by Crippen LogP contribution is 2.23. The van der Waals surface area contributed by atoms with Crippen LogP contribution >= 0.6 is 0 Å². The van der Waals surface area contributed by atoms with Crippen LogP contribution in [0, 0.1) is 5.92 Å². The number of aromatic nitrogens is 1. The lowest BCUT2D eigenvalue weighted by Crippen LogP contribution is -2.37. The maximum Gasteiger partial charge on any atom is 0.251 e. The number of hydrogen-bond donors (Lipinski definition) is 1. The van der Waals surface area contributed by atoms with Crippen LogP contribution < -0.4 is 5.32 Å². The van der Waals surface area contributed by atoms with Crippen molar-refractivity contribution in [1.29, 1.82) is 0 Å². The predicted molar refractivity (Wildman–Crippen MR) is 74.5 cm³/mol. The summed E-state index contributed by atoms with van der Waals surface area (Å²) in [5, 5.41) is 3.09. The highest BCUT2D eigenvalue weighted by molar-refractivity contribution is 5.94. The van der Waals surface area contributed by atoms with Crippen molar-refractivity contribution in [2.75, 3.05) is 0 Å². The quantitative estimate of drug-likeness (QED) is 0.871. The van der Waals surface area contributed by atoms with Crippen LogP contribution in [-0.2, 0) is 0 Å². The van der Waals surface area contributed by atoms with Crippen LogP contribution in [-0.4, -0.2) is 16.9 Å². The molecule has 0 aliphatic heterocycles. The van der Waals surface area contributed by atoms with Gasteiger partial charge in [0.05, 0.1) is 0 Å². The van der Waals surface area contributed by atoms with E-state index in [1.807, 2.05) is 13.8 Å². The van der Waals surface area contributed by atoms with Crippen molar-refractivity contribution in [3.8, 4) is 0 Å². The van der Waals surface area contributed by atoms with Gasteiger partial charge in [0.2, 0.25) is 0 Å². The zero-order valence-electron chi connectivity index (χ0n) is 11.6. The summed E-state index contributed by atoms with van der Waals surface area (Å²) in [6, 6.07) is 3.86. The number of pyridine rings is 1. The van der Waals surface area contributed by atoms with E-state index >= 15 is 0 Å². The molecule has 0 saturated heterocycles. The average Bonchev–Trinajstić information content (AvgIpc) is 2.44. The molecule has 0 bridgehead atoms. The van der Waals surface area contributed by atoms with Gasteiger partial charge >= 0.3 is 0 Å². The molecule has 0 aromatic carbocycles. The highest BCUT2D eigenvalue weighted by Gasteiger charge is 2.19. The maximum absolute atomic E-state index is 11.9. The second-order valence-corrected chi connectivity index (χ2v) is 4.67. The van der Waals surface area contributed by atoms with E-state index in [0.717, 1.165) is 18.8 Å². The summed E-state index contributed by atoms with van der Waals surface area (Å²) in [6.45, 7) is 6.28. The predicted octanol–water partition coefficient (Wildman–Crippen LogP) is 3.42. The lowest BCUT2D eigenvalue weighted by Gasteiger charge is -2.26. The van der Waals surface area contributed by atoms with E-state index in [2.05, 4.69) is 17.2 Å². The molecule has 0 spiro atoms. The van der Waals surface area contributed by atoms with Crippen molar-refractivity contribution >= 4 is 5.91 Å². The van der Waals surface area contributed by atoms with Crippen molar-refractivity contribution in [3.63, 3.8) is 0 Å². The smallest absolute Gasteiger partial charge is 0.251 e. The first-order valence-electron chi connectivity index (χ1n) is 6.96. The largest absolute Gasteiger partial charge is 0.349 e. The molecule has 1 fully saturated rings. The lowest BCUT2D eigenvalue weighted by molar-refractivity contribution is 0.0923. The van der Waals surface area contributed by atoms with Crippen LogP contribution in [0.4, 0.5) is 0 Å². The molecular formula is C15H24N2O. The SMILES string of the molecule is CC.CC1CCC(NC(=O)c2ccncc2)CC1. The molecule has 1 aliphatic rings. The molecule has 100 valence electrons. The van der Waals surface area contributed by atoms with Gasteiger partial charge in [0.25, 0.3) is 5.91 Å². The topological polar surface area (TPSA) is 42.0 Å². The van der Waals surface area contributed by atoms with Gasteiger partial charge in [-0.25, -0.2) is 0 Å². The fraction of sp³-hybridized carbons (Fsp3) is 0.600. The van der Waals surface area contributed by atoms with Gasteiger partial charge in [0.1, 0.15) is 0 Å². The summed E-state index contributed by atoms with van der Waals surface area (Å²) < 4.78 is 0. The Morgan fingerprint density at radius 2 is 1.72 bits per heavy atom. The third kappa shape index (κ3) is 4.47. The molecule has 0 unspecified atom stereocenters. The molecule has 1 amide bonds. The van der Waals surface area contributed by atoms with E-state index in [-0.39, 0.29) is 5.91 Å². The Bertz CT molecular complexity index is 343. The van der Waals surface area contributed by atoms with Crippen LogP contribution in [0.3, 0.4) is 0 Å². The monoisotopic (exact) mass is 248 g/mol. The van der Waals surface area contributed by atoms with Gasteiger partial charge in [0.15, 0.2) is 0 Å². The summed E-state index contributed by atoms with van der Waals surface area (Å²) in [6.07, 6.45) is 7.97. The minimum absolute atomic E-state index is 0.0296. The van der Waals surface area contributed by atoms with Gasteiger partial charge in [-0.1, -0.05) is 20.8 Å². The molecule has 1 aromatic rings. The highest BCUT2D eigenvalue weighted by atomic mass is 16.1. The molecular weight excluding hydrogens is 224 g/mol. The second kappa shape index (κ2) is 7.85. The van der Waals surface area contributed by atoms with E-state index < -0.39 is 0 Å². The zero-order chi connectivity index (χ0) is 13.4. The molecule has 1 aromatic heterocycles. The van der Waals surface area contributed by atoms with Crippen LogP contribution in [0.15, 0.2) is 24.5 Å². The van der Waals surface area contributed by atoms with Crippen LogP contribution in [0.5, 0.6) is 0 Å². The van der Waals surface area contributed by atoms with Crippen molar-refractivity contribution in [2.24, 2.45) is 5.92 Å². The Morgan fingerprint density at radius 1 is 1.17 bits per heavy atom. The summed E-state index contributed by atoms with van der Waals surface area (Å²) in [4.78, 5) is 15.8. The molecule has 0 radical (unpaired) electrons. The number of nitrogens with zero attached hydrogens (tertiary/aromatic N) is 1. The molecule has 18 heavy (non-hydrogen) atoms. The molecule has 3 nitrogen and oxygen atoms in total. The van der Waals surface area contributed by atoms with E-state index in [1.54, 1.807) is 24.5 Å². The zero-order valence-corrected chi connectivity index (χ0v) is 11.6. The summed E-state index contributed by atoms with van der Waals surface area (Å²) >= 11 is 0. The fourth-order valence-corrected chi connectivity index (χ4v) is 2.18. The number of hydrogen-bond acceptors (Lipinski definition) is 2.